The van der Waals surface area contributed by atoms with Gasteiger partial charge in [-0.05, 0) is 12.1 Å². The summed E-state index contributed by atoms with van der Waals surface area (Å²) in [5.41, 5.74) is 0.426. The zero-order valence-electron chi connectivity index (χ0n) is 9.55. The molecule has 1 amide bonds. The number of carbonyl (C=O) groups excluding carboxylic acids is 1. The summed E-state index contributed by atoms with van der Waals surface area (Å²) < 4.78 is 0. The first-order valence-corrected chi connectivity index (χ1v) is 5.42. The fraction of sp³-hybridized carbons (Fsp3) is 0.364. The van der Waals surface area contributed by atoms with Gasteiger partial charge in [-0.25, -0.2) is 4.98 Å². The lowest BCUT2D eigenvalue weighted by Gasteiger charge is -2.23. The van der Waals surface area contributed by atoms with Crippen LogP contribution in [0.25, 0.3) is 0 Å². The minimum absolute atomic E-state index is 0.0656. The summed E-state index contributed by atoms with van der Waals surface area (Å²) in [4.78, 5) is 27.5. The van der Waals surface area contributed by atoms with Crippen LogP contribution < -0.4 is 4.90 Å². The van der Waals surface area contributed by atoms with Gasteiger partial charge in [0.1, 0.15) is 0 Å². The van der Waals surface area contributed by atoms with Gasteiger partial charge >= 0.3 is 5.97 Å². The Hall–Kier alpha value is -1.62. The molecule has 0 aromatic carbocycles. The summed E-state index contributed by atoms with van der Waals surface area (Å²) in [6.07, 6.45) is 1.50. The molecule has 0 saturated carbocycles. The third-order valence-electron chi connectivity index (χ3n) is 2.29. The normalized spacial score (nSPS) is 11.9. The molecule has 1 rings (SSSR count). The number of carboxylic acids is 1. The Morgan fingerprint density at radius 1 is 1.59 bits per heavy atom. The maximum Gasteiger partial charge on any atom is 0.308 e. The highest BCUT2D eigenvalue weighted by Crippen LogP contribution is 2.23. The van der Waals surface area contributed by atoms with Crippen molar-refractivity contribution in [3.63, 3.8) is 0 Å². The SMILES string of the molecule is CC(=O)N(CC(C)C(=O)O)c1cccnc1Cl. The van der Waals surface area contributed by atoms with Gasteiger partial charge in [-0.2, -0.15) is 0 Å². The highest BCUT2D eigenvalue weighted by molar-refractivity contribution is 6.32. The van der Waals surface area contributed by atoms with Crippen LogP contribution in [-0.2, 0) is 9.59 Å². The fourth-order valence-electron chi connectivity index (χ4n) is 1.33. The summed E-state index contributed by atoms with van der Waals surface area (Å²) in [5.74, 6) is -1.90. The predicted octanol–water partition coefficient (Wildman–Crippen LogP) is 1.81. The molecule has 0 bridgehead atoms. The first-order valence-electron chi connectivity index (χ1n) is 5.05. The van der Waals surface area contributed by atoms with Crippen molar-refractivity contribution in [2.45, 2.75) is 13.8 Å². The molecule has 0 aliphatic carbocycles. The van der Waals surface area contributed by atoms with E-state index in [0.717, 1.165) is 0 Å². The van der Waals surface area contributed by atoms with Crippen LogP contribution in [0.1, 0.15) is 13.8 Å². The van der Waals surface area contributed by atoms with Gasteiger partial charge in [0, 0.05) is 19.7 Å². The molecule has 6 heteroatoms. The van der Waals surface area contributed by atoms with Crippen LogP contribution in [0, 0.1) is 5.92 Å². The minimum atomic E-state index is -0.962. The van der Waals surface area contributed by atoms with Crippen LogP contribution in [0.2, 0.25) is 5.15 Å². The number of aromatic nitrogens is 1. The summed E-state index contributed by atoms with van der Waals surface area (Å²) >= 11 is 5.87. The number of pyridine rings is 1. The summed E-state index contributed by atoms with van der Waals surface area (Å²) in [7, 11) is 0. The molecule has 0 radical (unpaired) electrons. The van der Waals surface area contributed by atoms with Gasteiger partial charge in [-0.15, -0.1) is 0 Å². The molecule has 92 valence electrons. The molecule has 1 unspecified atom stereocenters. The van der Waals surface area contributed by atoms with E-state index in [1.807, 2.05) is 0 Å². The average Bonchev–Trinajstić information content (AvgIpc) is 2.26. The van der Waals surface area contributed by atoms with Crippen molar-refractivity contribution in [3.05, 3.63) is 23.5 Å². The van der Waals surface area contributed by atoms with Crippen LogP contribution in [-0.4, -0.2) is 28.5 Å². The van der Waals surface area contributed by atoms with Crippen molar-refractivity contribution in [3.8, 4) is 0 Å². The van der Waals surface area contributed by atoms with Crippen LogP contribution in [0.4, 0.5) is 5.69 Å². The van der Waals surface area contributed by atoms with E-state index >= 15 is 0 Å². The first-order chi connectivity index (χ1) is 7.93. The topological polar surface area (TPSA) is 70.5 Å². The third kappa shape index (κ3) is 3.42. The fourth-order valence-corrected chi connectivity index (χ4v) is 1.55. The lowest BCUT2D eigenvalue weighted by atomic mass is 10.1. The number of anilines is 1. The van der Waals surface area contributed by atoms with Crippen molar-refractivity contribution in [1.82, 2.24) is 4.98 Å². The summed E-state index contributed by atoms with van der Waals surface area (Å²) in [5, 5.41) is 9.02. The van der Waals surface area contributed by atoms with E-state index in [-0.39, 0.29) is 17.6 Å². The highest BCUT2D eigenvalue weighted by atomic mass is 35.5. The molecule has 1 aromatic heterocycles. The number of aliphatic carboxylic acids is 1. The number of carbonyl (C=O) groups is 2. The molecular weight excluding hydrogens is 244 g/mol. The quantitative estimate of drug-likeness (QED) is 0.834. The smallest absolute Gasteiger partial charge is 0.308 e. The zero-order valence-corrected chi connectivity index (χ0v) is 10.3. The second-order valence-corrected chi connectivity index (χ2v) is 4.04. The Morgan fingerprint density at radius 2 is 2.24 bits per heavy atom. The third-order valence-corrected chi connectivity index (χ3v) is 2.58. The first kappa shape index (κ1) is 13.4. The van der Waals surface area contributed by atoms with Crippen LogP contribution >= 0.6 is 11.6 Å². The van der Waals surface area contributed by atoms with Gasteiger partial charge in [-0.1, -0.05) is 18.5 Å². The number of carboxylic acid groups (broad SMARTS) is 1. The van der Waals surface area contributed by atoms with Gasteiger partial charge in [0.15, 0.2) is 5.15 Å². The Bertz CT molecular complexity index is 436. The molecule has 17 heavy (non-hydrogen) atoms. The average molecular weight is 257 g/mol. The second-order valence-electron chi connectivity index (χ2n) is 3.68. The van der Waals surface area contributed by atoms with Crippen LogP contribution in [0.3, 0.4) is 0 Å². The number of rotatable bonds is 4. The van der Waals surface area contributed by atoms with Gasteiger partial charge in [0.25, 0.3) is 0 Å². The van der Waals surface area contributed by atoms with Crippen molar-refractivity contribution < 1.29 is 14.7 Å². The number of amides is 1. The van der Waals surface area contributed by atoms with Crippen LogP contribution in [0.5, 0.6) is 0 Å². The molecular formula is C11H13ClN2O3. The monoisotopic (exact) mass is 256 g/mol. The molecule has 1 aromatic rings. The number of hydrogen-bond donors (Lipinski definition) is 1. The molecule has 5 nitrogen and oxygen atoms in total. The molecule has 1 atom stereocenters. The maximum atomic E-state index is 11.5. The maximum absolute atomic E-state index is 11.5. The lowest BCUT2D eigenvalue weighted by molar-refractivity contribution is -0.140. The van der Waals surface area contributed by atoms with Crippen molar-refractivity contribution >= 4 is 29.2 Å². The predicted molar refractivity (Wildman–Crippen MR) is 64.1 cm³/mol. The van der Waals surface area contributed by atoms with E-state index in [1.165, 1.54) is 24.9 Å². The highest BCUT2D eigenvalue weighted by Gasteiger charge is 2.21. The zero-order chi connectivity index (χ0) is 13.0. The Morgan fingerprint density at radius 3 is 2.71 bits per heavy atom. The van der Waals surface area contributed by atoms with Crippen molar-refractivity contribution in [2.24, 2.45) is 5.92 Å². The Kier molecular flexibility index (Phi) is 4.45. The van der Waals surface area contributed by atoms with Crippen molar-refractivity contribution in [1.29, 1.82) is 0 Å². The van der Waals surface area contributed by atoms with Gasteiger partial charge in [0.2, 0.25) is 5.91 Å². The van der Waals surface area contributed by atoms with E-state index in [2.05, 4.69) is 4.98 Å². The Labute approximate surface area is 104 Å². The summed E-state index contributed by atoms with van der Waals surface area (Å²) in [6.45, 7) is 2.95. The van der Waals surface area contributed by atoms with Crippen LogP contribution in [0.15, 0.2) is 18.3 Å². The van der Waals surface area contributed by atoms with E-state index in [0.29, 0.717) is 5.69 Å². The second kappa shape index (κ2) is 5.63. The van der Waals surface area contributed by atoms with Gasteiger partial charge in [0.05, 0.1) is 11.6 Å². The summed E-state index contributed by atoms with van der Waals surface area (Å²) in [6, 6.07) is 3.27. The molecule has 1 heterocycles. The number of hydrogen-bond acceptors (Lipinski definition) is 3. The van der Waals surface area contributed by atoms with E-state index < -0.39 is 11.9 Å². The van der Waals surface area contributed by atoms with Gasteiger partial charge < -0.3 is 10.0 Å². The Balaban J connectivity index is 2.99. The molecule has 1 N–H and O–H groups in total. The molecule has 0 aliphatic heterocycles. The standard InChI is InChI=1S/C11H13ClN2O3/c1-7(11(16)17)6-14(8(2)15)9-4-3-5-13-10(9)12/h3-5,7H,6H2,1-2H3,(H,16,17). The molecule has 0 fully saturated rings. The van der Waals surface area contributed by atoms with E-state index in [1.54, 1.807) is 12.1 Å². The number of nitrogens with zero attached hydrogens (tertiary/aromatic N) is 2. The lowest BCUT2D eigenvalue weighted by Crippen LogP contribution is -2.35. The number of halogens is 1. The molecule has 0 spiro atoms. The van der Waals surface area contributed by atoms with Gasteiger partial charge in [-0.3, -0.25) is 9.59 Å². The van der Waals surface area contributed by atoms with E-state index in [4.69, 9.17) is 16.7 Å². The largest absolute Gasteiger partial charge is 0.481 e. The van der Waals surface area contributed by atoms with Crippen molar-refractivity contribution in [2.75, 3.05) is 11.4 Å². The molecule has 0 aliphatic rings. The molecule has 0 saturated heterocycles. The minimum Gasteiger partial charge on any atom is -0.481 e. The van der Waals surface area contributed by atoms with E-state index in [9.17, 15) is 9.59 Å².